The summed E-state index contributed by atoms with van der Waals surface area (Å²) in [4.78, 5) is 12.1. The van der Waals surface area contributed by atoms with Crippen LogP contribution in [0.1, 0.15) is 25.0 Å². The van der Waals surface area contributed by atoms with Crippen LogP contribution in [0.15, 0.2) is 47.4 Å². The highest BCUT2D eigenvalue weighted by atomic mass is 35.5. The maximum Gasteiger partial charge on any atom is 0.261 e. The third-order valence-electron chi connectivity index (χ3n) is 3.90. The normalized spacial score (nSPS) is 11.9. The van der Waals surface area contributed by atoms with Gasteiger partial charge in [0.25, 0.3) is 10.0 Å². The van der Waals surface area contributed by atoms with Gasteiger partial charge in [0.15, 0.2) is 0 Å². The summed E-state index contributed by atoms with van der Waals surface area (Å²) in [7, 11) is -3.76. The molecule has 0 unspecified atom stereocenters. The van der Waals surface area contributed by atoms with Crippen molar-refractivity contribution in [3.8, 4) is 0 Å². The molecule has 0 saturated heterocycles. The van der Waals surface area contributed by atoms with Gasteiger partial charge >= 0.3 is 0 Å². The molecule has 0 aliphatic rings. The highest BCUT2D eigenvalue weighted by molar-refractivity contribution is 7.92. The van der Waals surface area contributed by atoms with Crippen molar-refractivity contribution < 1.29 is 18.3 Å². The number of sulfonamides is 1. The number of rotatable bonds is 7. The molecule has 2 rings (SSSR count). The summed E-state index contributed by atoms with van der Waals surface area (Å²) < 4.78 is 27.4. The van der Waals surface area contributed by atoms with Crippen LogP contribution in [0.25, 0.3) is 0 Å². The summed E-state index contributed by atoms with van der Waals surface area (Å²) in [6.07, 6.45) is 0.129. The van der Waals surface area contributed by atoms with Crippen molar-refractivity contribution >= 4 is 33.2 Å². The van der Waals surface area contributed by atoms with Crippen LogP contribution in [0.2, 0.25) is 5.02 Å². The van der Waals surface area contributed by atoms with Crippen molar-refractivity contribution in [1.29, 1.82) is 0 Å². The molecule has 0 aromatic heterocycles. The summed E-state index contributed by atoms with van der Waals surface area (Å²) in [6.45, 7) is 5.07. The Kier molecular flexibility index (Phi) is 6.51. The Labute approximate surface area is 164 Å². The van der Waals surface area contributed by atoms with Crippen LogP contribution in [-0.4, -0.2) is 31.6 Å². The molecule has 3 N–H and O–H groups in total. The third kappa shape index (κ3) is 5.95. The number of anilines is 1. The van der Waals surface area contributed by atoms with Gasteiger partial charge in [-0.25, -0.2) is 8.42 Å². The zero-order valence-corrected chi connectivity index (χ0v) is 17.0. The first-order valence-electron chi connectivity index (χ1n) is 8.32. The van der Waals surface area contributed by atoms with E-state index in [0.717, 1.165) is 11.1 Å². The largest absolute Gasteiger partial charge is 0.394 e. The molecular formula is C19H23ClN2O4S. The van der Waals surface area contributed by atoms with Crippen LogP contribution < -0.4 is 10.0 Å². The number of hydrogen-bond donors (Lipinski definition) is 3. The lowest BCUT2D eigenvalue weighted by atomic mass is 10.1. The van der Waals surface area contributed by atoms with Gasteiger partial charge in [0.1, 0.15) is 0 Å². The number of hydrogen-bond acceptors (Lipinski definition) is 4. The van der Waals surface area contributed by atoms with Crippen molar-refractivity contribution in [1.82, 2.24) is 5.32 Å². The van der Waals surface area contributed by atoms with E-state index in [9.17, 15) is 18.3 Å². The molecule has 0 radical (unpaired) electrons. The summed E-state index contributed by atoms with van der Waals surface area (Å²) in [5.41, 5.74) is 1.21. The molecule has 2 aromatic rings. The first-order valence-corrected chi connectivity index (χ1v) is 10.2. The van der Waals surface area contributed by atoms with Crippen LogP contribution >= 0.6 is 11.6 Å². The average molecular weight is 411 g/mol. The average Bonchev–Trinajstić information content (AvgIpc) is 2.58. The molecule has 146 valence electrons. The minimum atomic E-state index is -3.76. The molecule has 0 aliphatic carbocycles. The molecule has 27 heavy (non-hydrogen) atoms. The molecule has 0 saturated carbocycles. The van der Waals surface area contributed by atoms with E-state index in [0.29, 0.717) is 10.7 Å². The monoisotopic (exact) mass is 410 g/mol. The third-order valence-corrected chi connectivity index (χ3v) is 5.68. The van der Waals surface area contributed by atoms with Gasteiger partial charge in [-0.05, 0) is 56.2 Å². The molecule has 0 aliphatic heterocycles. The molecule has 0 heterocycles. The van der Waals surface area contributed by atoms with Crippen molar-refractivity contribution in [3.05, 3.63) is 58.6 Å². The lowest BCUT2D eigenvalue weighted by molar-refractivity contribution is -0.122. The molecule has 0 atom stereocenters. The van der Waals surface area contributed by atoms with Crippen molar-refractivity contribution in [2.24, 2.45) is 0 Å². The second-order valence-corrected chi connectivity index (χ2v) is 9.07. The molecule has 2 aromatic carbocycles. The van der Waals surface area contributed by atoms with Crippen LogP contribution in [0.4, 0.5) is 5.69 Å². The van der Waals surface area contributed by atoms with Crippen LogP contribution in [0, 0.1) is 6.92 Å². The van der Waals surface area contributed by atoms with Crippen LogP contribution in [-0.2, 0) is 21.2 Å². The first kappa shape index (κ1) is 21.2. The van der Waals surface area contributed by atoms with E-state index in [-0.39, 0.29) is 23.8 Å². The number of carbonyl (C=O) groups excluding carboxylic acids is 1. The first-order chi connectivity index (χ1) is 12.5. The Morgan fingerprint density at radius 2 is 1.78 bits per heavy atom. The van der Waals surface area contributed by atoms with Crippen LogP contribution in [0.5, 0.6) is 0 Å². The number of halogens is 1. The second kappa shape index (κ2) is 8.29. The van der Waals surface area contributed by atoms with Gasteiger partial charge in [-0.1, -0.05) is 29.8 Å². The van der Waals surface area contributed by atoms with Gasteiger partial charge in [-0.2, -0.15) is 0 Å². The van der Waals surface area contributed by atoms with Gasteiger partial charge in [-0.3, -0.25) is 9.52 Å². The summed E-state index contributed by atoms with van der Waals surface area (Å²) in [6, 6.07) is 11.1. The minimum absolute atomic E-state index is 0.0767. The number of aliphatic hydroxyl groups is 1. The number of aliphatic hydroxyl groups excluding tert-OH is 1. The minimum Gasteiger partial charge on any atom is -0.394 e. The van der Waals surface area contributed by atoms with Gasteiger partial charge in [-0.15, -0.1) is 0 Å². The molecule has 0 spiro atoms. The van der Waals surface area contributed by atoms with E-state index in [1.165, 1.54) is 12.1 Å². The van der Waals surface area contributed by atoms with E-state index in [1.807, 2.05) is 0 Å². The highest BCUT2D eigenvalue weighted by Crippen LogP contribution is 2.22. The molecule has 1 amide bonds. The SMILES string of the molecule is Cc1ccc(S(=O)(=O)Nc2ccc(CC(=O)NC(C)(C)CO)cc2)cc1Cl. The highest BCUT2D eigenvalue weighted by Gasteiger charge is 2.19. The molecule has 8 heteroatoms. The fourth-order valence-corrected chi connectivity index (χ4v) is 3.62. The van der Waals surface area contributed by atoms with E-state index in [4.69, 9.17) is 11.6 Å². The molecule has 0 fully saturated rings. The van der Waals surface area contributed by atoms with E-state index >= 15 is 0 Å². The van der Waals surface area contributed by atoms with Crippen molar-refractivity contribution in [3.63, 3.8) is 0 Å². The van der Waals surface area contributed by atoms with E-state index in [1.54, 1.807) is 51.1 Å². The molecular weight excluding hydrogens is 388 g/mol. The van der Waals surface area contributed by atoms with Gasteiger partial charge in [0.05, 0.1) is 23.5 Å². The second-order valence-electron chi connectivity index (χ2n) is 6.98. The zero-order valence-electron chi connectivity index (χ0n) is 15.4. The fraction of sp³-hybridized carbons (Fsp3) is 0.316. The number of nitrogens with one attached hydrogen (secondary N) is 2. The molecule has 0 bridgehead atoms. The Morgan fingerprint density at radius 1 is 1.15 bits per heavy atom. The maximum absolute atomic E-state index is 12.5. The van der Waals surface area contributed by atoms with Gasteiger partial charge in [0.2, 0.25) is 5.91 Å². The van der Waals surface area contributed by atoms with E-state index in [2.05, 4.69) is 10.0 Å². The number of amides is 1. The number of aryl methyl sites for hydroxylation is 1. The molecule has 6 nitrogen and oxygen atoms in total. The predicted octanol–water partition coefficient (Wildman–Crippen LogP) is 2.88. The zero-order chi connectivity index (χ0) is 20.2. The van der Waals surface area contributed by atoms with Crippen molar-refractivity contribution in [2.45, 2.75) is 37.6 Å². The summed E-state index contributed by atoms with van der Waals surface area (Å²) in [5, 5.41) is 12.3. The fourth-order valence-electron chi connectivity index (χ4n) is 2.29. The van der Waals surface area contributed by atoms with Crippen molar-refractivity contribution in [2.75, 3.05) is 11.3 Å². The predicted molar refractivity (Wildman–Crippen MR) is 106 cm³/mol. The lowest BCUT2D eigenvalue weighted by Crippen LogP contribution is -2.46. The Morgan fingerprint density at radius 3 is 2.33 bits per heavy atom. The number of benzene rings is 2. The number of carbonyl (C=O) groups is 1. The smallest absolute Gasteiger partial charge is 0.261 e. The standard InChI is InChI=1S/C19H23ClN2O4S/c1-13-4-9-16(11-17(13)20)27(25,26)22-15-7-5-14(6-8-15)10-18(24)21-19(2,3)12-23/h4-9,11,22-23H,10,12H2,1-3H3,(H,21,24). The summed E-state index contributed by atoms with van der Waals surface area (Å²) in [5.74, 6) is -0.225. The quantitative estimate of drug-likeness (QED) is 0.654. The van der Waals surface area contributed by atoms with Gasteiger partial charge in [0, 0.05) is 10.7 Å². The van der Waals surface area contributed by atoms with Gasteiger partial charge < -0.3 is 10.4 Å². The Balaban J connectivity index is 2.06. The Bertz CT molecular complexity index is 925. The Hall–Kier alpha value is -2.09. The maximum atomic E-state index is 12.5. The van der Waals surface area contributed by atoms with E-state index < -0.39 is 15.6 Å². The topological polar surface area (TPSA) is 95.5 Å². The van der Waals surface area contributed by atoms with Crippen LogP contribution in [0.3, 0.4) is 0 Å². The lowest BCUT2D eigenvalue weighted by Gasteiger charge is -2.23. The summed E-state index contributed by atoms with van der Waals surface area (Å²) >= 11 is 6.00.